The highest BCUT2D eigenvalue weighted by Gasteiger charge is 2.35. The Labute approximate surface area is 111 Å². The van der Waals surface area contributed by atoms with E-state index in [-0.39, 0.29) is 6.04 Å². The van der Waals surface area contributed by atoms with Crippen molar-refractivity contribution < 1.29 is 5.11 Å². The highest BCUT2D eigenvalue weighted by Crippen LogP contribution is 2.32. The van der Waals surface area contributed by atoms with E-state index >= 15 is 0 Å². The van der Waals surface area contributed by atoms with Crippen LogP contribution in [0.15, 0.2) is 28.7 Å². The molecule has 3 nitrogen and oxygen atoms in total. The average molecular weight is 299 g/mol. The standard InChI is InChI=1S/C13H19BrN2O/c1-13(17)6-7-16(9-13)12(8-15)10-4-2-3-5-11(10)14/h2-5,12,17H,6-9,15H2,1H3. The number of benzene rings is 1. The van der Waals surface area contributed by atoms with Crippen LogP contribution in [0.1, 0.15) is 24.9 Å². The van der Waals surface area contributed by atoms with Crippen LogP contribution in [-0.2, 0) is 0 Å². The molecule has 2 rings (SSSR count). The molecule has 1 fully saturated rings. The third-order valence-electron chi connectivity index (χ3n) is 3.41. The molecule has 1 saturated heterocycles. The number of aliphatic hydroxyl groups is 1. The van der Waals surface area contributed by atoms with Gasteiger partial charge >= 0.3 is 0 Å². The number of hydrogen-bond donors (Lipinski definition) is 2. The number of nitrogens with two attached hydrogens (primary N) is 1. The maximum absolute atomic E-state index is 10.0. The van der Waals surface area contributed by atoms with Gasteiger partial charge in [0.2, 0.25) is 0 Å². The van der Waals surface area contributed by atoms with E-state index in [0.717, 1.165) is 17.4 Å². The van der Waals surface area contributed by atoms with Gasteiger partial charge in [0.15, 0.2) is 0 Å². The van der Waals surface area contributed by atoms with Crippen molar-refractivity contribution in [1.82, 2.24) is 4.90 Å². The highest BCUT2D eigenvalue weighted by atomic mass is 79.9. The molecule has 2 unspecified atom stereocenters. The molecule has 0 spiro atoms. The lowest BCUT2D eigenvalue weighted by Gasteiger charge is -2.28. The Morgan fingerprint density at radius 2 is 2.24 bits per heavy atom. The lowest BCUT2D eigenvalue weighted by atomic mass is 10.1. The normalized spacial score (nSPS) is 27.3. The van der Waals surface area contributed by atoms with Crippen LogP contribution < -0.4 is 5.73 Å². The van der Waals surface area contributed by atoms with Crippen LogP contribution in [0.4, 0.5) is 0 Å². The Morgan fingerprint density at radius 1 is 1.53 bits per heavy atom. The van der Waals surface area contributed by atoms with Crippen molar-refractivity contribution in [2.24, 2.45) is 5.73 Å². The number of likely N-dealkylation sites (tertiary alicyclic amines) is 1. The molecule has 17 heavy (non-hydrogen) atoms. The van der Waals surface area contributed by atoms with Gasteiger partial charge in [0.25, 0.3) is 0 Å². The van der Waals surface area contributed by atoms with E-state index < -0.39 is 5.60 Å². The van der Waals surface area contributed by atoms with E-state index in [1.54, 1.807) is 0 Å². The van der Waals surface area contributed by atoms with Gasteiger partial charge in [-0.05, 0) is 25.0 Å². The molecule has 3 N–H and O–H groups in total. The first kappa shape index (κ1) is 13.0. The highest BCUT2D eigenvalue weighted by molar-refractivity contribution is 9.10. The van der Waals surface area contributed by atoms with Crippen molar-refractivity contribution in [1.29, 1.82) is 0 Å². The van der Waals surface area contributed by atoms with Crippen LogP contribution >= 0.6 is 15.9 Å². The molecule has 1 aliphatic heterocycles. The van der Waals surface area contributed by atoms with Crippen LogP contribution in [0.3, 0.4) is 0 Å². The summed E-state index contributed by atoms with van der Waals surface area (Å²) in [7, 11) is 0. The van der Waals surface area contributed by atoms with Gasteiger partial charge in [-0.2, -0.15) is 0 Å². The predicted octanol–water partition coefficient (Wildman–Crippen LogP) is 1.91. The van der Waals surface area contributed by atoms with Crippen LogP contribution in [0.25, 0.3) is 0 Å². The van der Waals surface area contributed by atoms with Crippen LogP contribution in [0, 0.1) is 0 Å². The molecule has 1 aromatic carbocycles. The van der Waals surface area contributed by atoms with Crippen LogP contribution in [0.2, 0.25) is 0 Å². The minimum absolute atomic E-state index is 0.180. The Morgan fingerprint density at radius 3 is 2.76 bits per heavy atom. The van der Waals surface area contributed by atoms with Gasteiger partial charge in [0.05, 0.1) is 5.60 Å². The van der Waals surface area contributed by atoms with Crippen molar-refractivity contribution in [2.75, 3.05) is 19.6 Å². The Hall–Kier alpha value is -0.420. The first-order chi connectivity index (χ1) is 8.03. The number of rotatable bonds is 3. The third kappa shape index (κ3) is 2.88. The molecule has 1 aliphatic rings. The molecule has 0 aromatic heterocycles. The predicted molar refractivity (Wildman–Crippen MR) is 72.8 cm³/mol. The minimum Gasteiger partial charge on any atom is -0.389 e. The molecule has 0 radical (unpaired) electrons. The van der Waals surface area contributed by atoms with Crippen LogP contribution in [-0.4, -0.2) is 35.2 Å². The van der Waals surface area contributed by atoms with E-state index in [9.17, 15) is 5.11 Å². The second-order valence-corrected chi connectivity index (χ2v) is 5.84. The zero-order valence-corrected chi connectivity index (χ0v) is 11.7. The van der Waals surface area contributed by atoms with Crippen molar-refractivity contribution in [3.8, 4) is 0 Å². The van der Waals surface area contributed by atoms with E-state index in [2.05, 4.69) is 26.9 Å². The minimum atomic E-state index is -0.575. The van der Waals surface area contributed by atoms with E-state index in [0.29, 0.717) is 13.1 Å². The van der Waals surface area contributed by atoms with Gasteiger partial charge in [-0.1, -0.05) is 34.1 Å². The van der Waals surface area contributed by atoms with Gasteiger partial charge in [-0.15, -0.1) is 0 Å². The summed E-state index contributed by atoms with van der Waals surface area (Å²) in [4.78, 5) is 2.26. The second-order valence-electron chi connectivity index (χ2n) is 4.99. The molecule has 0 saturated carbocycles. The van der Waals surface area contributed by atoms with E-state index in [1.807, 2.05) is 25.1 Å². The number of nitrogens with zero attached hydrogens (tertiary/aromatic N) is 1. The average Bonchev–Trinajstić information content (AvgIpc) is 2.63. The first-order valence-corrected chi connectivity index (χ1v) is 6.74. The molecule has 2 atom stereocenters. The molecule has 4 heteroatoms. The molecule has 1 aromatic rings. The summed E-state index contributed by atoms with van der Waals surface area (Å²) in [5.41, 5.74) is 6.52. The van der Waals surface area contributed by atoms with Crippen molar-refractivity contribution >= 4 is 15.9 Å². The fourth-order valence-electron chi connectivity index (χ4n) is 2.46. The number of β-amino-alcohol motifs (C(OH)–C–C–N with tert-alkyl or cyclic N) is 1. The Kier molecular flexibility index (Phi) is 3.88. The number of hydrogen-bond acceptors (Lipinski definition) is 3. The third-order valence-corrected chi connectivity index (χ3v) is 4.13. The quantitative estimate of drug-likeness (QED) is 0.896. The molecule has 0 aliphatic carbocycles. The summed E-state index contributed by atoms with van der Waals surface area (Å²) < 4.78 is 1.09. The van der Waals surface area contributed by atoms with Crippen molar-refractivity contribution in [3.63, 3.8) is 0 Å². The largest absolute Gasteiger partial charge is 0.389 e. The lowest BCUT2D eigenvalue weighted by molar-refractivity contribution is 0.0626. The summed E-state index contributed by atoms with van der Waals surface area (Å²) in [5, 5.41) is 10.0. The molecular weight excluding hydrogens is 280 g/mol. The Balaban J connectivity index is 2.21. The summed E-state index contributed by atoms with van der Waals surface area (Å²) in [6.45, 7) is 4.05. The zero-order valence-electron chi connectivity index (χ0n) is 10.1. The molecule has 94 valence electrons. The van der Waals surface area contributed by atoms with Gasteiger partial charge in [-0.25, -0.2) is 0 Å². The number of halogens is 1. The van der Waals surface area contributed by atoms with Gasteiger partial charge in [-0.3, -0.25) is 4.90 Å². The zero-order chi connectivity index (χ0) is 12.5. The maximum Gasteiger partial charge on any atom is 0.0758 e. The van der Waals surface area contributed by atoms with Gasteiger partial charge in [0.1, 0.15) is 0 Å². The summed E-state index contributed by atoms with van der Waals surface area (Å²) in [6, 6.07) is 8.33. The van der Waals surface area contributed by atoms with Gasteiger partial charge < -0.3 is 10.8 Å². The van der Waals surface area contributed by atoms with Crippen LogP contribution in [0.5, 0.6) is 0 Å². The Bertz CT molecular complexity index is 395. The smallest absolute Gasteiger partial charge is 0.0758 e. The SMILES string of the molecule is CC1(O)CCN(C(CN)c2ccccc2Br)C1. The topological polar surface area (TPSA) is 49.5 Å². The summed E-state index contributed by atoms with van der Waals surface area (Å²) in [5.74, 6) is 0. The summed E-state index contributed by atoms with van der Waals surface area (Å²) >= 11 is 3.57. The molecule has 0 bridgehead atoms. The monoisotopic (exact) mass is 298 g/mol. The second kappa shape index (κ2) is 5.06. The summed E-state index contributed by atoms with van der Waals surface area (Å²) in [6.07, 6.45) is 0.813. The maximum atomic E-state index is 10.0. The van der Waals surface area contributed by atoms with E-state index in [1.165, 1.54) is 5.56 Å². The van der Waals surface area contributed by atoms with Crippen molar-refractivity contribution in [3.05, 3.63) is 34.3 Å². The molecular formula is C13H19BrN2O. The van der Waals surface area contributed by atoms with E-state index in [4.69, 9.17) is 5.73 Å². The fourth-order valence-corrected chi connectivity index (χ4v) is 3.01. The fraction of sp³-hybridized carbons (Fsp3) is 0.538. The lowest BCUT2D eigenvalue weighted by Crippen LogP contribution is -2.35. The first-order valence-electron chi connectivity index (χ1n) is 5.94. The molecule has 1 heterocycles. The van der Waals surface area contributed by atoms with Crippen molar-refractivity contribution in [2.45, 2.75) is 25.0 Å². The molecule has 0 amide bonds. The van der Waals surface area contributed by atoms with Gasteiger partial charge in [0, 0.05) is 30.1 Å².